The Morgan fingerprint density at radius 1 is 0.958 bits per heavy atom. The molecule has 0 bridgehead atoms. The third kappa shape index (κ3) is 8.87. The van der Waals surface area contributed by atoms with E-state index in [0.29, 0.717) is 12.4 Å². The largest absolute Gasteiger partial charge is 0.545 e. The molecule has 0 atom stereocenters. The highest BCUT2D eigenvalue weighted by Gasteiger charge is 2.11. The van der Waals surface area contributed by atoms with E-state index in [9.17, 15) is 9.90 Å². The molecule has 0 saturated carbocycles. The van der Waals surface area contributed by atoms with Crippen LogP contribution >= 0.6 is 45.2 Å². The van der Waals surface area contributed by atoms with Crippen LogP contribution in [0.3, 0.4) is 0 Å². The van der Waals surface area contributed by atoms with Gasteiger partial charge in [-0.3, -0.25) is 0 Å². The quantitative estimate of drug-likeness (QED) is 0.236. The Kier molecular flexibility index (Phi) is 12.1. The Bertz CT molecular complexity index is 504. The summed E-state index contributed by atoms with van der Waals surface area (Å²) < 4.78 is 7.43. The molecule has 136 valence electrons. The van der Waals surface area contributed by atoms with Crippen LogP contribution in [0.4, 0.5) is 0 Å². The normalized spacial score (nSPS) is 10.8. The van der Waals surface area contributed by atoms with Crippen molar-refractivity contribution in [3.05, 3.63) is 24.8 Å². The molecule has 1 aromatic rings. The summed E-state index contributed by atoms with van der Waals surface area (Å²) in [7, 11) is 0. The molecule has 0 unspecified atom stereocenters. The van der Waals surface area contributed by atoms with Gasteiger partial charge in [0.15, 0.2) is 0 Å². The van der Waals surface area contributed by atoms with E-state index in [4.69, 9.17) is 4.74 Å². The van der Waals surface area contributed by atoms with Crippen LogP contribution in [-0.4, -0.2) is 12.6 Å². The number of carbonyl (C=O) groups is 1. The van der Waals surface area contributed by atoms with Crippen molar-refractivity contribution in [3.8, 4) is 5.75 Å². The van der Waals surface area contributed by atoms with Gasteiger partial charge in [-0.05, 0) is 63.7 Å². The smallest absolute Gasteiger partial charge is 0.141 e. The SMILES string of the molecule is CCCCCCCCCCCCOc1c(I)cc(I)cc1C(=O)[O-]. The van der Waals surface area contributed by atoms with Gasteiger partial charge in [0.25, 0.3) is 0 Å². The molecular weight excluding hydrogens is 530 g/mol. The van der Waals surface area contributed by atoms with Gasteiger partial charge < -0.3 is 14.6 Å². The van der Waals surface area contributed by atoms with E-state index in [0.717, 1.165) is 20.0 Å². The molecule has 3 nitrogen and oxygen atoms in total. The van der Waals surface area contributed by atoms with Crippen molar-refractivity contribution in [3.63, 3.8) is 0 Å². The summed E-state index contributed by atoms with van der Waals surface area (Å²) in [5.74, 6) is -0.726. The second-order valence-electron chi connectivity index (χ2n) is 6.08. The standard InChI is InChI=1S/C19H28I2O3/c1-2-3-4-5-6-7-8-9-10-11-12-24-18-16(19(22)23)13-15(20)14-17(18)21/h13-14H,2-12H2,1H3,(H,22,23)/p-1. The zero-order chi connectivity index (χ0) is 17.8. The number of carboxylic acids is 1. The van der Waals surface area contributed by atoms with Crippen molar-refractivity contribution in [2.24, 2.45) is 0 Å². The molecule has 0 aliphatic heterocycles. The molecule has 0 radical (unpaired) electrons. The van der Waals surface area contributed by atoms with Crippen LogP contribution < -0.4 is 9.84 Å². The predicted molar refractivity (Wildman–Crippen MR) is 114 cm³/mol. The van der Waals surface area contributed by atoms with Gasteiger partial charge in [0, 0.05) is 9.13 Å². The minimum atomic E-state index is -1.18. The average Bonchev–Trinajstić information content (AvgIpc) is 2.53. The van der Waals surface area contributed by atoms with Gasteiger partial charge in [0.2, 0.25) is 0 Å². The first-order chi connectivity index (χ1) is 11.6. The molecule has 1 aromatic carbocycles. The summed E-state index contributed by atoms with van der Waals surface area (Å²) in [5.41, 5.74) is 0.151. The lowest BCUT2D eigenvalue weighted by molar-refractivity contribution is -0.255. The molecule has 0 heterocycles. The Hall–Kier alpha value is -0.0500. The zero-order valence-electron chi connectivity index (χ0n) is 14.4. The summed E-state index contributed by atoms with van der Waals surface area (Å²) in [4.78, 5) is 11.2. The van der Waals surface area contributed by atoms with Gasteiger partial charge in [-0.1, -0.05) is 64.7 Å². The summed E-state index contributed by atoms with van der Waals surface area (Å²) in [6.07, 6.45) is 12.7. The van der Waals surface area contributed by atoms with Crippen LogP contribution in [0.15, 0.2) is 12.1 Å². The summed E-state index contributed by atoms with van der Waals surface area (Å²) in [6.45, 7) is 2.81. The van der Waals surface area contributed by atoms with Crippen molar-refractivity contribution in [2.75, 3.05) is 6.61 Å². The van der Waals surface area contributed by atoms with Gasteiger partial charge in [-0.15, -0.1) is 0 Å². The van der Waals surface area contributed by atoms with E-state index in [2.05, 4.69) is 52.1 Å². The molecular formula is C19H27I2O3-. The summed E-state index contributed by atoms with van der Waals surface area (Å²) in [5, 5.41) is 11.2. The van der Waals surface area contributed by atoms with Crippen molar-refractivity contribution in [1.82, 2.24) is 0 Å². The van der Waals surface area contributed by atoms with Crippen molar-refractivity contribution < 1.29 is 14.6 Å². The molecule has 0 amide bonds. The molecule has 0 aliphatic rings. The first kappa shape index (κ1) is 22.0. The Balaban J connectivity index is 2.19. The number of halogens is 2. The number of carbonyl (C=O) groups excluding carboxylic acids is 1. The maximum absolute atomic E-state index is 11.2. The number of unbranched alkanes of at least 4 members (excludes halogenated alkanes) is 9. The highest BCUT2D eigenvalue weighted by molar-refractivity contribution is 14.1. The number of ether oxygens (including phenoxy) is 1. The number of hydrogen-bond donors (Lipinski definition) is 0. The minimum absolute atomic E-state index is 0.151. The number of carboxylic acid groups (broad SMARTS) is 1. The van der Waals surface area contributed by atoms with Crippen LogP contribution in [0, 0.1) is 7.14 Å². The first-order valence-corrected chi connectivity index (χ1v) is 11.0. The van der Waals surface area contributed by atoms with E-state index in [1.165, 1.54) is 51.4 Å². The third-order valence-electron chi connectivity index (χ3n) is 3.97. The Morgan fingerprint density at radius 3 is 2.04 bits per heavy atom. The Labute approximate surface area is 173 Å². The minimum Gasteiger partial charge on any atom is -0.545 e. The number of rotatable bonds is 13. The Morgan fingerprint density at radius 2 is 1.50 bits per heavy atom. The molecule has 0 spiro atoms. The van der Waals surface area contributed by atoms with Crippen LogP contribution in [-0.2, 0) is 0 Å². The van der Waals surface area contributed by atoms with Gasteiger partial charge in [-0.2, -0.15) is 0 Å². The lowest BCUT2D eigenvalue weighted by Crippen LogP contribution is -2.23. The molecule has 0 saturated heterocycles. The third-order valence-corrected chi connectivity index (χ3v) is 5.40. The average molecular weight is 557 g/mol. The van der Waals surface area contributed by atoms with Gasteiger partial charge in [0.1, 0.15) is 5.75 Å². The molecule has 5 heteroatoms. The van der Waals surface area contributed by atoms with E-state index in [1.807, 2.05) is 6.07 Å². The molecule has 0 N–H and O–H groups in total. The van der Waals surface area contributed by atoms with E-state index >= 15 is 0 Å². The van der Waals surface area contributed by atoms with Gasteiger partial charge in [0.05, 0.1) is 16.1 Å². The first-order valence-electron chi connectivity index (χ1n) is 8.89. The summed E-state index contributed by atoms with van der Waals surface area (Å²) in [6, 6.07) is 3.52. The maximum Gasteiger partial charge on any atom is 0.141 e. The zero-order valence-corrected chi connectivity index (χ0v) is 18.7. The maximum atomic E-state index is 11.2. The fraction of sp³-hybridized carbons (Fsp3) is 0.632. The monoisotopic (exact) mass is 557 g/mol. The molecule has 1 rings (SSSR count). The molecule has 0 fully saturated rings. The highest BCUT2D eigenvalue weighted by Crippen LogP contribution is 2.28. The molecule has 24 heavy (non-hydrogen) atoms. The highest BCUT2D eigenvalue weighted by atomic mass is 127. The number of aromatic carboxylic acids is 1. The van der Waals surface area contributed by atoms with E-state index in [-0.39, 0.29) is 5.56 Å². The van der Waals surface area contributed by atoms with Crippen LogP contribution in [0.25, 0.3) is 0 Å². The van der Waals surface area contributed by atoms with Crippen molar-refractivity contribution in [2.45, 2.75) is 71.1 Å². The predicted octanol–water partition coefficient (Wildman–Crippen LogP) is 5.56. The molecule has 0 aromatic heterocycles. The fourth-order valence-corrected chi connectivity index (χ4v) is 4.62. The number of benzene rings is 1. The van der Waals surface area contributed by atoms with Crippen LogP contribution in [0.1, 0.15) is 81.5 Å². The van der Waals surface area contributed by atoms with Gasteiger partial charge >= 0.3 is 0 Å². The summed E-state index contributed by atoms with van der Waals surface area (Å²) >= 11 is 4.22. The van der Waals surface area contributed by atoms with E-state index < -0.39 is 5.97 Å². The van der Waals surface area contributed by atoms with Crippen molar-refractivity contribution >= 4 is 51.2 Å². The lowest BCUT2D eigenvalue weighted by atomic mass is 10.1. The topological polar surface area (TPSA) is 49.4 Å². The molecule has 0 aliphatic carbocycles. The van der Waals surface area contributed by atoms with Crippen LogP contribution in [0.2, 0.25) is 0 Å². The lowest BCUT2D eigenvalue weighted by Gasteiger charge is -2.14. The second kappa shape index (κ2) is 13.2. The number of hydrogen-bond acceptors (Lipinski definition) is 3. The van der Waals surface area contributed by atoms with Gasteiger partial charge in [-0.25, -0.2) is 0 Å². The fourth-order valence-electron chi connectivity index (χ4n) is 2.62. The van der Waals surface area contributed by atoms with Crippen LogP contribution in [0.5, 0.6) is 5.75 Å². The second-order valence-corrected chi connectivity index (χ2v) is 8.49. The van der Waals surface area contributed by atoms with Crippen molar-refractivity contribution in [1.29, 1.82) is 0 Å². The van der Waals surface area contributed by atoms with E-state index in [1.54, 1.807) is 6.07 Å².